The largest absolute Gasteiger partial charge is 0.334 e. The fourth-order valence-corrected chi connectivity index (χ4v) is 12.5. The molecule has 4 aromatic carbocycles. The van der Waals surface area contributed by atoms with Crippen LogP contribution >= 0.6 is 15.2 Å². The van der Waals surface area contributed by atoms with Crippen molar-refractivity contribution in [1.82, 2.24) is 0 Å². The third-order valence-electron chi connectivity index (χ3n) is 10.2. The minimum atomic E-state index is -3.81. The topological polar surface area (TPSA) is 71.1 Å². The molecule has 8 heteroatoms. The quantitative estimate of drug-likeness (QED) is 0.0495. The van der Waals surface area contributed by atoms with Gasteiger partial charge in [-0.15, -0.1) is 0 Å². The van der Waals surface area contributed by atoms with Gasteiger partial charge in [0.2, 0.25) is 0 Å². The van der Waals surface area contributed by atoms with Crippen molar-refractivity contribution < 1.29 is 27.2 Å². The lowest BCUT2D eigenvalue weighted by molar-refractivity contribution is 0.196. The van der Waals surface area contributed by atoms with E-state index in [1.54, 1.807) is 0 Å². The molecule has 0 spiro atoms. The van der Waals surface area contributed by atoms with E-state index in [1.165, 1.54) is 5.56 Å². The van der Waals surface area contributed by atoms with Gasteiger partial charge in [-0.25, -0.2) is 0 Å². The van der Waals surface area contributed by atoms with E-state index < -0.39 is 31.9 Å². The van der Waals surface area contributed by atoms with E-state index in [2.05, 4.69) is 85.8 Å². The molecule has 4 rings (SSSR count). The molecule has 53 heavy (non-hydrogen) atoms. The maximum atomic E-state index is 15.4. The molecule has 0 aliphatic carbocycles. The maximum Gasteiger partial charge on any atom is 0.334 e. The summed E-state index contributed by atoms with van der Waals surface area (Å²) >= 11 is 0. The van der Waals surface area contributed by atoms with Crippen LogP contribution in [0.1, 0.15) is 108 Å². The smallest absolute Gasteiger partial charge is 0.309 e. The van der Waals surface area contributed by atoms with Crippen LogP contribution < -0.4 is 0 Å². The van der Waals surface area contributed by atoms with E-state index in [9.17, 15) is 4.57 Å². The van der Waals surface area contributed by atoms with E-state index in [-0.39, 0.29) is 38.8 Å². The Bertz CT molecular complexity index is 1610. The van der Waals surface area contributed by atoms with Gasteiger partial charge in [-0.3, -0.25) is 9.13 Å². The molecule has 0 amide bonds. The Hall–Kier alpha value is -2.82. The molecule has 0 heterocycles. The monoisotopic (exact) mass is 760 g/mol. The first-order chi connectivity index (χ1) is 25.8. The van der Waals surface area contributed by atoms with Crippen LogP contribution in [0.4, 0.5) is 0 Å². The van der Waals surface area contributed by atoms with E-state index in [0.717, 1.165) is 48.8 Å². The molecule has 0 aliphatic heterocycles. The molecule has 6 nitrogen and oxygen atoms in total. The van der Waals surface area contributed by atoms with Crippen LogP contribution in [0.2, 0.25) is 0 Å². The first-order valence-corrected chi connectivity index (χ1v) is 23.0. The molecule has 0 radical (unpaired) electrons. The Labute approximate surface area is 320 Å². The maximum absolute atomic E-state index is 15.4. The second-order valence-corrected chi connectivity index (χ2v) is 18.5. The highest BCUT2D eigenvalue weighted by Crippen LogP contribution is 2.64. The zero-order chi connectivity index (χ0) is 38.0. The van der Waals surface area contributed by atoms with Gasteiger partial charge in [0, 0.05) is 5.41 Å². The van der Waals surface area contributed by atoms with Gasteiger partial charge >= 0.3 is 15.2 Å². The van der Waals surface area contributed by atoms with Crippen LogP contribution in [0.25, 0.3) is 0 Å². The Kier molecular flexibility index (Phi) is 17.7. The molecule has 3 unspecified atom stereocenters. The third kappa shape index (κ3) is 11.8. The summed E-state index contributed by atoms with van der Waals surface area (Å²) in [5.41, 5.74) is 2.75. The van der Waals surface area contributed by atoms with E-state index in [0.29, 0.717) is 12.8 Å². The molecule has 0 bridgehead atoms. The Morgan fingerprint density at radius 3 is 1.42 bits per heavy atom. The van der Waals surface area contributed by atoms with Crippen molar-refractivity contribution in [1.29, 1.82) is 0 Å². The van der Waals surface area contributed by atoms with Crippen molar-refractivity contribution in [3.05, 3.63) is 144 Å². The normalized spacial score (nSPS) is 14.1. The average molecular weight is 761 g/mol. The van der Waals surface area contributed by atoms with Crippen molar-refractivity contribution in [2.75, 3.05) is 26.4 Å². The van der Waals surface area contributed by atoms with Crippen LogP contribution in [0.3, 0.4) is 0 Å². The summed E-state index contributed by atoms with van der Waals surface area (Å²) in [6.45, 7) is 10.5. The van der Waals surface area contributed by atoms with Crippen LogP contribution in [-0.2, 0) is 39.1 Å². The molecule has 3 atom stereocenters. The number of hydrogen-bond acceptors (Lipinski definition) is 6. The van der Waals surface area contributed by atoms with Crippen LogP contribution in [0.5, 0.6) is 0 Å². The predicted octanol–water partition coefficient (Wildman–Crippen LogP) is 13.0. The number of benzene rings is 4. The minimum absolute atomic E-state index is 0.221. The Morgan fingerprint density at radius 1 is 0.528 bits per heavy atom. The van der Waals surface area contributed by atoms with Crippen molar-refractivity contribution in [2.24, 2.45) is 0 Å². The molecule has 0 aromatic heterocycles. The lowest BCUT2D eigenvalue weighted by Gasteiger charge is -2.43. The molecule has 0 N–H and O–H groups in total. The Morgan fingerprint density at radius 2 is 0.962 bits per heavy atom. The predicted molar refractivity (Wildman–Crippen MR) is 220 cm³/mol. The fourth-order valence-electron chi connectivity index (χ4n) is 7.88. The summed E-state index contributed by atoms with van der Waals surface area (Å²) in [5, 5.41) is 0. The first-order valence-electron chi connectivity index (χ1n) is 19.7. The Balaban J connectivity index is 1.99. The zero-order valence-corrected chi connectivity index (χ0v) is 34.4. The zero-order valence-electron chi connectivity index (χ0n) is 32.6. The average Bonchev–Trinajstić information content (AvgIpc) is 3.18. The van der Waals surface area contributed by atoms with Gasteiger partial charge in [0.1, 0.15) is 0 Å². The van der Waals surface area contributed by atoms with Gasteiger partial charge in [0.05, 0.1) is 37.7 Å². The van der Waals surface area contributed by atoms with Gasteiger partial charge in [0.15, 0.2) is 0 Å². The molecule has 0 fully saturated rings. The van der Waals surface area contributed by atoms with Gasteiger partial charge < -0.3 is 18.1 Å². The van der Waals surface area contributed by atoms with E-state index in [4.69, 9.17) is 18.1 Å². The summed E-state index contributed by atoms with van der Waals surface area (Å²) in [6, 6.07) is 42.1. The van der Waals surface area contributed by atoms with Gasteiger partial charge in [-0.1, -0.05) is 148 Å². The van der Waals surface area contributed by atoms with Gasteiger partial charge in [0.25, 0.3) is 0 Å². The number of unbranched alkanes of at least 4 members (excludes halogenated alkanes) is 2. The lowest BCUT2D eigenvalue weighted by Crippen LogP contribution is -2.37. The van der Waals surface area contributed by atoms with Crippen molar-refractivity contribution in [3.63, 3.8) is 0 Å². The van der Waals surface area contributed by atoms with Crippen LogP contribution in [-0.4, -0.2) is 37.7 Å². The summed E-state index contributed by atoms with van der Waals surface area (Å²) in [6.07, 6.45) is 6.35. The lowest BCUT2D eigenvalue weighted by atomic mass is 9.64. The molecule has 0 aliphatic rings. The van der Waals surface area contributed by atoms with Crippen LogP contribution in [0, 0.1) is 0 Å². The minimum Gasteiger partial charge on any atom is -0.309 e. The highest BCUT2D eigenvalue weighted by molar-refractivity contribution is 7.55. The molecular weight excluding hydrogens is 698 g/mol. The van der Waals surface area contributed by atoms with Crippen molar-refractivity contribution in [3.8, 4) is 0 Å². The SMILES string of the molecule is CCCCCC(CC(CC(CC(Cc1ccccc1)P(=O)(OCC)OCC)P(=O)(OCC)OCC)(c1ccccc1)c1ccccc1)c1ccccc1. The third-order valence-corrected chi connectivity index (χ3v) is 15.3. The van der Waals surface area contributed by atoms with E-state index in [1.807, 2.05) is 70.2 Å². The van der Waals surface area contributed by atoms with Gasteiger partial charge in [-0.2, -0.15) is 0 Å². The molecule has 4 aromatic rings. The first kappa shape index (κ1) is 42.9. The standard InChI is InChI=1S/C45H62O6P2/c1-6-11-16-29-40(39-27-19-13-20-28-39)36-45(41-30-21-14-22-31-41,42-32-23-15-24-33-42)37-44(53(47,50-9-4)51-10-5)35-43(34-38-25-17-12-18-26-38)52(46,48-7-2)49-8-3/h12-15,17-28,30-33,40,43-44H,6-11,16,29,34-37H2,1-5H3. The van der Waals surface area contributed by atoms with E-state index >= 15 is 4.57 Å². The fraction of sp³-hybridized carbons (Fsp3) is 0.467. The molecule has 0 saturated carbocycles. The summed E-state index contributed by atoms with van der Waals surface area (Å²) in [4.78, 5) is 0. The molecular formula is C45H62O6P2. The molecule has 288 valence electrons. The number of hydrogen-bond donors (Lipinski definition) is 0. The number of rotatable bonds is 25. The summed E-state index contributed by atoms with van der Waals surface area (Å²) in [5.74, 6) is 0.223. The summed E-state index contributed by atoms with van der Waals surface area (Å²) in [7, 11) is -7.50. The van der Waals surface area contributed by atoms with Gasteiger partial charge in [-0.05, 0) is 88.0 Å². The van der Waals surface area contributed by atoms with Crippen molar-refractivity contribution in [2.45, 2.75) is 109 Å². The highest BCUT2D eigenvalue weighted by atomic mass is 31.2. The second-order valence-electron chi connectivity index (χ2n) is 13.8. The van der Waals surface area contributed by atoms with Crippen LogP contribution in [0.15, 0.2) is 121 Å². The summed E-state index contributed by atoms with van der Waals surface area (Å²) < 4.78 is 55.0. The highest BCUT2D eigenvalue weighted by Gasteiger charge is 2.49. The molecule has 0 saturated heterocycles. The second kappa shape index (κ2) is 21.9. The van der Waals surface area contributed by atoms with Crippen molar-refractivity contribution >= 4 is 15.2 Å².